The van der Waals surface area contributed by atoms with Gasteiger partial charge < -0.3 is 15.8 Å². The fraction of sp³-hybridized carbons (Fsp3) is 0.536. The number of nitrogens with zero attached hydrogens (tertiary/aromatic N) is 3. The normalized spacial score (nSPS) is 24.8. The number of nitrogens with one attached hydrogen (secondary N) is 1. The summed E-state index contributed by atoms with van der Waals surface area (Å²) in [5.41, 5.74) is 9.30. The lowest BCUT2D eigenvalue weighted by Gasteiger charge is -2.44. The number of hydrogen-bond donors (Lipinski definition) is 2. The Morgan fingerprint density at radius 2 is 1.97 bits per heavy atom. The van der Waals surface area contributed by atoms with Gasteiger partial charge in [-0.3, -0.25) is 19.4 Å². The molecule has 2 fully saturated rings. The molecular weight excluding hydrogens is 454 g/mol. The summed E-state index contributed by atoms with van der Waals surface area (Å²) >= 11 is 0. The van der Waals surface area contributed by atoms with Crippen LogP contribution in [0.25, 0.3) is 0 Å². The molecule has 3 aliphatic heterocycles. The van der Waals surface area contributed by atoms with Crippen molar-refractivity contribution in [2.75, 3.05) is 42.2 Å². The number of rotatable bonds is 6. The zero-order valence-corrected chi connectivity index (χ0v) is 21.0. The summed E-state index contributed by atoms with van der Waals surface area (Å²) in [7, 11) is 0. The number of piperidine rings is 1. The number of nitrogens with two attached hydrogens (primary N) is 1. The van der Waals surface area contributed by atoms with Crippen molar-refractivity contribution in [3.8, 4) is 5.75 Å². The van der Waals surface area contributed by atoms with Gasteiger partial charge >= 0.3 is 0 Å². The lowest BCUT2D eigenvalue weighted by Crippen LogP contribution is -2.50. The number of benzene rings is 1. The van der Waals surface area contributed by atoms with Gasteiger partial charge in [-0.15, -0.1) is 0 Å². The highest BCUT2D eigenvalue weighted by Crippen LogP contribution is 2.45. The number of aryl methyl sites for hydroxylation is 1. The highest BCUT2D eigenvalue weighted by atomic mass is 16.5. The quantitative estimate of drug-likeness (QED) is 0.603. The van der Waals surface area contributed by atoms with Gasteiger partial charge in [0, 0.05) is 30.4 Å². The van der Waals surface area contributed by atoms with Crippen molar-refractivity contribution in [3.63, 3.8) is 0 Å². The predicted molar refractivity (Wildman–Crippen MR) is 139 cm³/mol. The lowest BCUT2D eigenvalue weighted by atomic mass is 9.73. The van der Waals surface area contributed by atoms with Gasteiger partial charge in [0.2, 0.25) is 11.8 Å². The van der Waals surface area contributed by atoms with Crippen LogP contribution in [0.15, 0.2) is 30.5 Å². The molecule has 3 N–H and O–H groups in total. The van der Waals surface area contributed by atoms with Crippen LogP contribution in [0.2, 0.25) is 0 Å². The van der Waals surface area contributed by atoms with Crippen LogP contribution in [0.3, 0.4) is 0 Å². The first kappa shape index (κ1) is 23.3. The summed E-state index contributed by atoms with van der Waals surface area (Å²) in [5.74, 6) is 2.62. The van der Waals surface area contributed by atoms with Crippen LogP contribution in [0.5, 0.6) is 5.75 Å². The molecule has 4 heterocycles. The van der Waals surface area contributed by atoms with E-state index in [9.17, 15) is 9.59 Å². The Morgan fingerprint density at radius 1 is 1.17 bits per heavy atom. The van der Waals surface area contributed by atoms with Crippen molar-refractivity contribution in [2.45, 2.75) is 63.3 Å². The number of hydrogen-bond acceptors (Lipinski definition) is 6. The SMILES string of the molecule is CC[C@H]1C[C@@H](N2C(=O)CCc3cc(OCCN4CCC5(CC4)C(=O)Nc4ccc(N)cc45)cnc32)C1. The largest absolute Gasteiger partial charge is 0.491 e. The van der Waals surface area contributed by atoms with E-state index in [4.69, 9.17) is 10.5 Å². The molecule has 1 aromatic carbocycles. The maximum atomic E-state index is 12.9. The Hall–Kier alpha value is -3.13. The number of aromatic nitrogens is 1. The Bertz CT molecular complexity index is 1180. The van der Waals surface area contributed by atoms with Crippen LogP contribution in [0.1, 0.15) is 56.6 Å². The Balaban J connectivity index is 1.04. The second kappa shape index (κ2) is 9.07. The first-order chi connectivity index (χ1) is 17.5. The van der Waals surface area contributed by atoms with E-state index < -0.39 is 5.41 Å². The van der Waals surface area contributed by atoms with Crippen molar-refractivity contribution in [1.29, 1.82) is 0 Å². The van der Waals surface area contributed by atoms with E-state index in [1.54, 1.807) is 6.20 Å². The van der Waals surface area contributed by atoms with Crippen molar-refractivity contribution in [2.24, 2.45) is 5.92 Å². The van der Waals surface area contributed by atoms with E-state index in [-0.39, 0.29) is 11.8 Å². The molecule has 4 aliphatic rings. The summed E-state index contributed by atoms with van der Waals surface area (Å²) in [4.78, 5) is 34.5. The van der Waals surface area contributed by atoms with Gasteiger partial charge in [0.1, 0.15) is 18.2 Å². The van der Waals surface area contributed by atoms with Gasteiger partial charge in [0.25, 0.3) is 0 Å². The maximum absolute atomic E-state index is 12.9. The third-order valence-electron chi connectivity index (χ3n) is 8.80. The number of likely N-dealkylation sites (tertiary alicyclic amines) is 1. The number of ether oxygens (including phenoxy) is 1. The number of carbonyl (C=O) groups is 2. The van der Waals surface area contributed by atoms with Crippen molar-refractivity contribution >= 4 is 29.0 Å². The summed E-state index contributed by atoms with van der Waals surface area (Å²) in [6.07, 6.45) is 7.93. The molecule has 1 saturated heterocycles. The average molecular weight is 490 g/mol. The molecule has 1 saturated carbocycles. The molecule has 0 unspecified atom stereocenters. The summed E-state index contributed by atoms with van der Waals surface area (Å²) in [6, 6.07) is 8.07. The van der Waals surface area contributed by atoms with Gasteiger partial charge in [0.05, 0.1) is 11.6 Å². The van der Waals surface area contributed by atoms with Gasteiger partial charge in [-0.2, -0.15) is 0 Å². The number of carbonyl (C=O) groups excluding carboxylic acids is 2. The minimum Gasteiger partial charge on any atom is -0.491 e. The Labute approximate surface area is 212 Å². The van der Waals surface area contributed by atoms with Gasteiger partial charge in [-0.25, -0.2) is 4.98 Å². The average Bonchev–Trinajstić information content (AvgIpc) is 3.11. The molecule has 2 aromatic rings. The zero-order valence-electron chi connectivity index (χ0n) is 21.0. The number of pyridine rings is 1. The summed E-state index contributed by atoms with van der Waals surface area (Å²) in [6.45, 7) is 5.25. The van der Waals surface area contributed by atoms with Crippen molar-refractivity contribution < 1.29 is 14.3 Å². The molecule has 2 amide bonds. The molecule has 0 bridgehead atoms. The van der Waals surface area contributed by atoms with E-state index in [1.165, 1.54) is 6.42 Å². The minimum atomic E-state index is -0.467. The van der Waals surface area contributed by atoms with Gasteiger partial charge in [-0.1, -0.05) is 13.3 Å². The standard InChI is InChI=1S/C28H35N5O3/c1-2-18-13-21(14-18)33-25(34)6-3-19-15-22(17-30-26(19)33)36-12-11-32-9-7-28(8-10-32)23-16-20(29)4-5-24(23)31-27(28)35/h4-5,15-18,21H,2-3,6-14,29H2,1H3,(H,31,35)/t18-,21+. The Morgan fingerprint density at radius 3 is 2.75 bits per heavy atom. The third kappa shape index (κ3) is 3.92. The van der Waals surface area contributed by atoms with Crippen LogP contribution in [0, 0.1) is 5.92 Å². The summed E-state index contributed by atoms with van der Waals surface area (Å²) < 4.78 is 6.08. The molecule has 0 atom stereocenters. The number of nitrogen functional groups attached to an aromatic ring is 1. The predicted octanol–water partition coefficient (Wildman–Crippen LogP) is 3.50. The zero-order chi connectivity index (χ0) is 24.9. The highest BCUT2D eigenvalue weighted by Gasteiger charge is 2.48. The van der Waals surface area contributed by atoms with Crippen molar-refractivity contribution in [3.05, 3.63) is 41.6 Å². The fourth-order valence-electron chi connectivity index (χ4n) is 6.44. The second-order valence-corrected chi connectivity index (χ2v) is 10.8. The molecule has 8 heteroatoms. The lowest BCUT2D eigenvalue weighted by molar-refractivity contribution is -0.122. The van der Waals surface area contributed by atoms with E-state index in [1.807, 2.05) is 23.1 Å². The molecule has 1 aromatic heterocycles. The molecule has 1 aliphatic carbocycles. The second-order valence-electron chi connectivity index (χ2n) is 10.8. The molecule has 8 nitrogen and oxygen atoms in total. The van der Waals surface area contributed by atoms with E-state index >= 15 is 0 Å². The van der Waals surface area contributed by atoms with Crippen LogP contribution in [-0.2, 0) is 21.4 Å². The molecule has 0 radical (unpaired) electrons. The maximum Gasteiger partial charge on any atom is 0.235 e. The highest BCUT2D eigenvalue weighted by molar-refractivity contribution is 6.06. The topological polar surface area (TPSA) is 101 Å². The van der Waals surface area contributed by atoms with E-state index in [0.29, 0.717) is 24.8 Å². The number of amides is 2. The van der Waals surface area contributed by atoms with Crippen LogP contribution in [0.4, 0.5) is 17.2 Å². The van der Waals surface area contributed by atoms with Gasteiger partial charge in [0.15, 0.2) is 0 Å². The summed E-state index contributed by atoms with van der Waals surface area (Å²) in [5, 5.41) is 3.05. The van der Waals surface area contributed by atoms with Crippen LogP contribution >= 0.6 is 0 Å². The van der Waals surface area contributed by atoms with Crippen LogP contribution < -0.4 is 20.7 Å². The van der Waals surface area contributed by atoms with Gasteiger partial charge in [-0.05, 0) is 86.5 Å². The minimum absolute atomic E-state index is 0.0961. The Kier molecular flexibility index (Phi) is 5.86. The number of anilines is 3. The molecule has 36 heavy (non-hydrogen) atoms. The first-order valence-electron chi connectivity index (χ1n) is 13.3. The fourth-order valence-corrected chi connectivity index (χ4v) is 6.44. The molecule has 1 spiro atoms. The molecule has 6 rings (SSSR count). The number of fused-ring (bicyclic) bond motifs is 3. The van der Waals surface area contributed by atoms with Crippen molar-refractivity contribution in [1.82, 2.24) is 9.88 Å². The van der Waals surface area contributed by atoms with Crippen LogP contribution in [-0.4, -0.2) is 54.0 Å². The first-order valence-corrected chi connectivity index (χ1v) is 13.3. The van der Waals surface area contributed by atoms with E-state index in [0.717, 1.165) is 86.0 Å². The molecule has 190 valence electrons. The smallest absolute Gasteiger partial charge is 0.235 e. The third-order valence-corrected chi connectivity index (χ3v) is 8.80. The molecular formula is C28H35N5O3. The van der Waals surface area contributed by atoms with E-state index in [2.05, 4.69) is 28.2 Å². The monoisotopic (exact) mass is 489 g/mol.